The highest BCUT2D eigenvalue weighted by molar-refractivity contribution is 5.32. The van der Waals surface area contributed by atoms with Crippen LogP contribution in [0.2, 0.25) is 0 Å². The van der Waals surface area contributed by atoms with E-state index in [0.29, 0.717) is 6.07 Å². The Bertz CT molecular complexity index is 372. The molecule has 2 nitrogen and oxygen atoms in total. The molecule has 0 saturated heterocycles. The zero-order valence-corrected chi connectivity index (χ0v) is 8.27. The van der Waals surface area contributed by atoms with Crippen LogP contribution < -0.4 is 4.74 Å². The van der Waals surface area contributed by atoms with Crippen molar-refractivity contribution in [1.29, 1.82) is 0 Å². The lowest BCUT2D eigenvalue weighted by molar-refractivity contribution is -0.143. The van der Waals surface area contributed by atoms with Gasteiger partial charge in [0.1, 0.15) is 11.3 Å². The fraction of sp³-hybridized carbons (Fsp3) is 0.444. The van der Waals surface area contributed by atoms with Gasteiger partial charge in [-0.2, -0.15) is 26.3 Å². The van der Waals surface area contributed by atoms with Crippen molar-refractivity contribution >= 4 is 0 Å². The van der Waals surface area contributed by atoms with Crippen LogP contribution in [0, 0.1) is 0 Å². The number of halogens is 6. The highest BCUT2D eigenvalue weighted by atomic mass is 19.4. The van der Waals surface area contributed by atoms with E-state index in [1.54, 1.807) is 0 Å². The molecule has 0 amide bonds. The van der Waals surface area contributed by atoms with Crippen LogP contribution in [0.15, 0.2) is 18.5 Å². The fourth-order valence-corrected chi connectivity index (χ4v) is 1.01. The number of rotatable bonds is 3. The van der Waals surface area contributed by atoms with E-state index in [0.717, 1.165) is 12.4 Å². The number of hydrogen-bond donors (Lipinski definition) is 0. The molecule has 0 fully saturated rings. The molecule has 0 N–H and O–H groups in total. The van der Waals surface area contributed by atoms with E-state index < -0.39 is 36.7 Å². The van der Waals surface area contributed by atoms with E-state index in [4.69, 9.17) is 0 Å². The molecule has 0 unspecified atom stereocenters. The molecular formula is C9H7F6NO. The van der Waals surface area contributed by atoms with Crippen molar-refractivity contribution in [3.8, 4) is 5.75 Å². The molecule has 8 heteroatoms. The van der Waals surface area contributed by atoms with Crippen molar-refractivity contribution in [3.63, 3.8) is 0 Å². The largest absolute Gasteiger partial charge is 0.491 e. The molecule has 0 spiro atoms. The molecule has 1 aromatic heterocycles. The van der Waals surface area contributed by atoms with E-state index in [1.807, 2.05) is 0 Å². The Hall–Kier alpha value is -1.47. The molecule has 96 valence electrons. The van der Waals surface area contributed by atoms with Gasteiger partial charge in [0.15, 0.2) is 0 Å². The zero-order valence-electron chi connectivity index (χ0n) is 8.27. The topological polar surface area (TPSA) is 22.1 Å². The Kier molecular flexibility index (Phi) is 3.84. The van der Waals surface area contributed by atoms with Crippen molar-refractivity contribution < 1.29 is 31.1 Å². The standard InChI is InChI=1S/C9H7F6NO/c10-8(11,12)2-4-17-7-5-16-3-1-6(7)9(13,14)15/h1,3,5H,2,4H2. The van der Waals surface area contributed by atoms with E-state index in [-0.39, 0.29) is 0 Å². The summed E-state index contributed by atoms with van der Waals surface area (Å²) in [5, 5.41) is 0. The number of hydrogen-bond acceptors (Lipinski definition) is 2. The van der Waals surface area contributed by atoms with Crippen LogP contribution in [0.3, 0.4) is 0 Å². The second-order valence-corrected chi connectivity index (χ2v) is 3.08. The lowest BCUT2D eigenvalue weighted by Gasteiger charge is -2.13. The minimum absolute atomic E-state index is 0.642. The van der Waals surface area contributed by atoms with Crippen molar-refractivity contribution in [2.75, 3.05) is 6.61 Å². The Morgan fingerprint density at radius 3 is 2.29 bits per heavy atom. The van der Waals surface area contributed by atoms with Gasteiger partial charge in [-0.05, 0) is 6.07 Å². The highest BCUT2D eigenvalue weighted by Crippen LogP contribution is 2.35. The summed E-state index contributed by atoms with van der Waals surface area (Å²) in [6, 6.07) is 0.642. The van der Waals surface area contributed by atoms with Crippen molar-refractivity contribution in [1.82, 2.24) is 4.98 Å². The van der Waals surface area contributed by atoms with Crippen LogP contribution in [0.4, 0.5) is 26.3 Å². The first-order chi connectivity index (χ1) is 7.70. The summed E-state index contributed by atoms with van der Waals surface area (Å²) in [6.45, 7) is -0.877. The van der Waals surface area contributed by atoms with Crippen LogP contribution >= 0.6 is 0 Å². The predicted molar refractivity (Wildman–Crippen MR) is 45.4 cm³/mol. The van der Waals surface area contributed by atoms with E-state index in [9.17, 15) is 26.3 Å². The van der Waals surface area contributed by atoms with Gasteiger partial charge in [0.25, 0.3) is 0 Å². The summed E-state index contributed by atoms with van der Waals surface area (Å²) in [5.74, 6) is -0.704. The normalized spacial score (nSPS) is 12.6. The molecular weight excluding hydrogens is 252 g/mol. The predicted octanol–water partition coefficient (Wildman–Crippen LogP) is 3.43. The third-order valence-corrected chi connectivity index (χ3v) is 1.73. The van der Waals surface area contributed by atoms with Crippen molar-refractivity contribution in [2.45, 2.75) is 18.8 Å². The number of aromatic nitrogens is 1. The first kappa shape index (κ1) is 13.6. The molecule has 0 aliphatic heterocycles. The van der Waals surface area contributed by atoms with Gasteiger partial charge in [-0.3, -0.25) is 4.98 Å². The van der Waals surface area contributed by atoms with Gasteiger partial charge in [-0.15, -0.1) is 0 Å². The second kappa shape index (κ2) is 4.80. The minimum Gasteiger partial charge on any atom is -0.491 e. The monoisotopic (exact) mass is 259 g/mol. The van der Waals surface area contributed by atoms with Crippen LogP contribution in [0.1, 0.15) is 12.0 Å². The van der Waals surface area contributed by atoms with Crippen molar-refractivity contribution in [2.24, 2.45) is 0 Å². The number of alkyl halides is 6. The summed E-state index contributed by atoms with van der Waals surface area (Å²) < 4.78 is 76.9. The minimum atomic E-state index is -4.68. The number of pyridine rings is 1. The summed E-state index contributed by atoms with van der Waals surface area (Å²) >= 11 is 0. The molecule has 0 aliphatic carbocycles. The molecule has 0 radical (unpaired) electrons. The molecule has 0 atom stereocenters. The highest BCUT2D eigenvalue weighted by Gasteiger charge is 2.35. The summed E-state index contributed by atoms with van der Waals surface area (Å²) in [4.78, 5) is 3.37. The lowest BCUT2D eigenvalue weighted by Crippen LogP contribution is -2.15. The first-order valence-corrected chi connectivity index (χ1v) is 4.41. The Balaban J connectivity index is 2.72. The molecule has 1 aromatic rings. The van der Waals surface area contributed by atoms with Gasteiger partial charge in [0.05, 0.1) is 19.2 Å². The third kappa shape index (κ3) is 4.49. The van der Waals surface area contributed by atoms with Gasteiger partial charge in [0.2, 0.25) is 0 Å². The van der Waals surface area contributed by atoms with Crippen LogP contribution in [0.25, 0.3) is 0 Å². The smallest absolute Gasteiger partial charge is 0.420 e. The maximum Gasteiger partial charge on any atom is 0.420 e. The average Bonchev–Trinajstić information content (AvgIpc) is 2.15. The quantitative estimate of drug-likeness (QED) is 0.776. The first-order valence-electron chi connectivity index (χ1n) is 4.41. The SMILES string of the molecule is FC(F)(F)CCOc1cnccc1C(F)(F)F. The van der Waals surface area contributed by atoms with Gasteiger partial charge < -0.3 is 4.74 Å². The van der Waals surface area contributed by atoms with Gasteiger partial charge in [-0.25, -0.2) is 0 Å². The molecule has 0 saturated carbocycles. The molecule has 0 aliphatic rings. The second-order valence-electron chi connectivity index (χ2n) is 3.08. The Morgan fingerprint density at radius 2 is 1.76 bits per heavy atom. The van der Waals surface area contributed by atoms with Gasteiger partial charge >= 0.3 is 12.4 Å². The van der Waals surface area contributed by atoms with Gasteiger partial charge in [0, 0.05) is 6.20 Å². The Labute approximate surface area is 92.2 Å². The maximum atomic E-state index is 12.4. The molecule has 0 aromatic carbocycles. The average molecular weight is 259 g/mol. The third-order valence-electron chi connectivity index (χ3n) is 1.73. The summed E-state index contributed by atoms with van der Waals surface area (Å²) in [7, 11) is 0. The number of nitrogens with zero attached hydrogens (tertiary/aromatic N) is 1. The molecule has 17 heavy (non-hydrogen) atoms. The number of ether oxygens (including phenoxy) is 1. The van der Waals surface area contributed by atoms with Crippen molar-refractivity contribution in [3.05, 3.63) is 24.0 Å². The van der Waals surface area contributed by atoms with Gasteiger partial charge in [-0.1, -0.05) is 0 Å². The zero-order chi connectivity index (χ0) is 13.1. The van der Waals surface area contributed by atoms with E-state index in [1.165, 1.54) is 0 Å². The molecule has 1 rings (SSSR count). The lowest BCUT2D eigenvalue weighted by atomic mass is 10.2. The Morgan fingerprint density at radius 1 is 1.12 bits per heavy atom. The summed E-state index contributed by atoms with van der Waals surface area (Å²) in [5.41, 5.74) is -1.14. The van der Waals surface area contributed by atoms with E-state index >= 15 is 0 Å². The maximum absolute atomic E-state index is 12.4. The van der Waals surface area contributed by atoms with Crippen LogP contribution in [0.5, 0.6) is 5.75 Å². The molecule has 1 heterocycles. The van der Waals surface area contributed by atoms with Crippen LogP contribution in [-0.4, -0.2) is 17.8 Å². The molecule has 0 bridgehead atoms. The summed E-state index contributed by atoms with van der Waals surface area (Å²) in [6.07, 6.45) is -8.85. The fourth-order valence-electron chi connectivity index (χ4n) is 1.01. The van der Waals surface area contributed by atoms with E-state index in [2.05, 4.69) is 9.72 Å². The van der Waals surface area contributed by atoms with Crippen LogP contribution in [-0.2, 0) is 6.18 Å².